The molecule has 0 unspecified atom stereocenters. The number of hydrogen-bond acceptors (Lipinski definition) is 5. The molecule has 0 amide bonds. The van der Waals surface area contributed by atoms with Crippen molar-refractivity contribution in [2.24, 2.45) is 0 Å². The molecule has 2 aromatic heterocycles. The minimum atomic E-state index is 0.718. The van der Waals surface area contributed by atoms with Crippen LogP contribution in [0.3, 0.4) is 0 Å². The van der Waals surface area contributed by atoms with E-state index in [2.05, 4.69) is 51.9 Å². The molecule has 0 spiro atoms. The molecule has 1 aromatic carbocycles. The summed E-state index contributed by atoms with van der Waals surface area (Å²) in [5.41, 5.74) is 4.53. The van der Waals surface area contributed by atoms with Crippen molar-refractivity contribution >= 4 is 5.82 Å². The molecule has 6 heteroatoms. The van der Waals surface area contributed by atoms with Crippen LogP contribution in [-0.4, -0.2) is 44.8 Å². The van der Waals surface area contributed by atoms with E-state index in [4.69, 9.17) is 5.10 Å². The molecule has 0 bridgehead atoms. The summed E-state index contributed by atoms with van der Waals surface area (Å²) in [4.78, 5) is 13.7. The van der Waals surface area contributed by atoms with Crippen molar-refractivity contribution in [2.45, 2.75) is 26.4 Å². The Morgan fingerprint density at radius 2 is 1.96 bits per heavy atom. The maximum absolute atomic E-state index is 4.71. The zero-order valence-corrected chi connectivity index (χ0v) is 15.3. The van der Waals surface area contributed by atoms with E-state index in [0.717, 1.165) is 49.8 Å². The number of anilines is 1. The molecule has 1 aliphatic rings. The molecule has 4 rings (SSSR count). The highest BCUT2D eigenvalue weighted by molar-refractivity contribution is 5.49. The Morgan fingerprint density at radius 3 is 2.77 bits per heavy atom. The maximum atomic E-state index is 4.71. The Labute approximate surface area is 154 Å². The third-order valence-corrected chi connectivity index (χ3v) is 4.93. The number of nitrogens with zero attached hydrogens (tertiary/aromatic N) is 6. The van der Waals surface area contributed by atoms with Gasteiger partial charge in [0.1, 0.15) is 12.1 Å². The zero-order valence-electron chi connectivity index (χ0n) is 15.3. The average Bonchev–Trinajstić information content (AvgIpc) is 3.16. The van der Waals surface area contributed by atoms with Crippen LogP contribution in [0.5, 0.6) is 0 Å². The number of hydrogen-bond donors (Lipinski definition) is 0. The van der Waals surface area contributed by atoms with Gasteiger partial charge in [-0.3, -0.25) is 4.90 Å². The predicted molar refractivity (Wildman–Crippen MR) is 102 cm³/mol. The first kappa shape index (κ1) is 16.7. The highest BCUT2D eigenvalue weighted by Gasteiger charge is 2.22. The van der Waals surface area contributed by atoms with Crippen LogP contribution < -0.4 is 4.90 Å². The lowest BCUT2D eigenvalue weighted by Crippen LogP contribution is -2.33. The standard InChI is InChI=1S/C20H24N6/c1-3-25-11-10-19-18(14-25)20(22-15-21-19)24(2)13-16-9-12-26(23-16)17-7-5-4-6-8-17/h4-9,12,15H,3,10-11,13-14H2,1-2H3. The van der Waals surface area contributed by atoms with Crippen molar-refractivity contribution < 1.29 is 0 Å². The van der Waals surface area contributed by atoms with Crippen molar-refractivity contribution in [3.63, 3.8) is 0 Å². The lowest BCUT2D eigenvalue weighted by atomic mass is 10.1. The molecular formula is C20H24N6. The largest absolute Gasteiger partial charge is 0.353 e. The smallest absolute Gasteiger partial charge is 0.136 e. The quantitative estimate of drug-likeness (QED) is 0.709. The topological polar surface area (TPSA) is 50.1 Å². The van der Waals surface area contributed by atoms with Crippen LogP contribution in [0, 0.1) is 0 Å². The molecule has 0 fully saturated rings. The zero-order chi connectivity index (χ0) is 17.9. The summed E-state index contributed by atoms with van der Waals surface area (Å²) in [6.07, 6.45) is 4.69. The fraction of sp³-hybridized carbons (Fsp3) is 0.350. The summed E-state index contributed by atoms with van der Waals surface area (Å²) >= 11 is 0. The predicted octanol–water partition coefficient (Wildman–Crippen LogP) is 2.68. The van der Waals surface area contributed by atoms with Crippen molar-refractivity contribution in [1.29, 1.82) is 0 Å². The Morgan fingerprint density at radius 1 is 1.12 bits per heavy atom. The fourth-order valence-corrected chi connectivity index (χ4v) is 3.47. The molecule has 0 saturated carbocycles. The van der Waals surface area contributed by atoms with E-state index in [0.29, 0.717) is 0 Å². The lowest BCUT2D eigenvalue weighted by molar-refractivity contribution is 0.265. The Balaban J connectivity index is 1.54. The highest BCUT2D eigenvalue weighted by Crippen LogP contribution is 2.25. The second-order valence-electron chi connectivity index (χ2n) is 6.68. The summed E-state index contributed by atoms with van der Waals surface area (Å²) in [7, 11) is 2.08. The molecule has 3 aromatic rings. The molecule has 1 aliphatic heterocycles. The van der Waals surface area contributed by atoms with E-state index in [1.165, 1.54) is 11.3 Å². The van der Waals surface area contributed by atoms with Gasteiger partial charge in [-0.05, 0) is 24.7 Å². The molecule has 0 aliphatic carbocycles. The van der Waals surface area contributed by atoms with Gasteiger partial charge in [0.25, 0.3) is 0 Å². The van der Waals surface area contributed by atoms with E-state index < -0.39 is 0 Å². The van der Waals surface area contributed by atoms with Crippen molar-refractivity contribution in [3.05, 3.63) is 65.9 Å². The van der Waals surface area contributed by atoms with Crippen molar-refractivity contribution in [3.8, 4) is 5.69 Å². The summed E-state index contributed by atoms with van der Waals surface area (Å²) in [5.74, 6) is 1.02. The van der Waals surface area contributed by atoms with Gasteiger partial charge in [0.05, 0.1) is 23.6 Å². The molecule has 26 heavy (non-hydrogen) atoms. The number of aromatic nitrogens is 4. The van der Waals surface area contributed by atoms with Crippen molar-refractivity contribution in [1.82, 2.24) is 24.6 Å². The molecule has 0 atom stereocenters. The van der Waals surface area contributed by atoms with Gasteiger partial charge in [-0.1, -0.05) is 25.1 Å². The molecule has 0 saturated heterocycles. The first-order chi connectivity index (χ1) is 12.7. The monoisotopic (exact) mass is 348 g/mol. The van der Waals surface area contributed by atoms with Crippen LogP contribution >= 0.6 is 0 Å². The third-order valence-electron chi connectivity index (χ3n) is 4.93. The Hall–Kier alpha value is -2.73. The van der Waals surface area contributed by atoms with Gasteiger partial charge in [0, 0.05) is 38.3 Å². The van der Waals surface area contributed by atoms with Gasteiger partial charge in [-0.2, -0.15) is 5.10 Å². The maximum Gasteiger partial charge on any atom is 0.136 e. The summed E-state index contributed by atoms with van der Waals surface area (Å²) in [6.45, 7) is 5.97. The number of benzene rings is 1. The number of likely N-dealkylation sites (N-methyl/N-ethyl adjacent to an activating group) is 1. The van der Waals surface area contributed by atoms with E-state index in [1.807, 2.05) is 29.1 Å². The third kappa shape index (κ3) is 3.32. The Kier molecular flexibility index (Phi) is 4.67. The molecule has 134 valence electrons. The van der Waals surface area contributed by atoms with E-state index in [-0.39, 0.29) is 0 Å². The number of fused-ring (bicyclic) bond motifs is 1. The van der Waals surface area contributed by atoms with Crippen LogP contribution in [0.4, 0.5) is 5.82 Å². The molecule has 6 nitrogen and oxygen atoms in total. The average molecular weight is 348 g/mol. The SMILES string of the molecule is CCN1CCc2ncnc(N(C)Cc3ccn(-c4ccccc4)n3)c2C1. The van der Waals surface area contributed by atoms with E-state index >= 15 is 0 Å². The number of rotatable bonds is 5. The minimum Gasteiger partial charge on any atom is -0.353 e. The van der Waals surface area contributed by atoms with Gasteiger partial charge >= 0.3 is 0 Å². The van der Waals surface area contributed by atoms with Crippen LogP contribution in [0.2, 0.25) is 0 Å². The normalized spacial score (nSPS) is 14.2. The second kappa shape index (κ2) is 7.25. The Bertz CT molecular complexity index is 873. The van der Waals surface area contributed by atoms with Gasteiger partial charge in [0.15, 0.2) is 0 Å². The highest BCUT2D eigenvalue weighted by atomic mass is 15.3. The van der Waals surface area contributed by atoms with E-state index in [9.17, 15) is 0 Å². The molecule has 0 N–H and O–H groups in total. The van der Waals surface area contributed by atoms with Gasteiger partial charge < -0.3 is 4.90 Å². The van der Waals surface area contributed by atoms with E-state index in [1.54, 1.807) is 6.33 Å². The van der Waals surface area contributed by atoms with Crippen molar-refractivity contribution in [2.75, 3.05) is 25.0 Å². The lowest BCUT2D eigenvalue weighted by Gasteiger charge is -2.30. The van der Waals surface area contributed by atoms with Gasteiger partial charge in [0.2, 0.25) is 0 Å². The van der Waals surface area contributed by atoms with Crippen LogP contribution in [0.1, 0.15) is 23.9 Å². The van der Waals surface area contributed by atoms with Crippen LogP contribution in [-0.2, 0) is 19.5 Å². The van der Waals surface area contributed by atoms with Crippen LogP contribution in [0.15, 0.2) is 48.9 Å². The second-order valence-corrected chi connectivity index (χ2v) is 6.68. The summed E-state index contributed by atoms with van der Waals surface area (Å²) < 4.78 is 1.91. The van der Waals surface area contributed by atoms with Crippen LogP contribution in [0.25, 0.3) is 5.69 Å². The molecular weight excluding hydrogens is 324 g/mol. The minimum absolute atomic E-state index is 0.718. The van der Waals surface area contributed by atoms with Gasteiger partial charge in [-0.25, -0.2) is 14.6 Å². The molecule has 0 radical (unpaired) electrons. The molecule has 3 heterocycles. The summed E-state index contributed by atoms with van der Waals surface area (Å²) in [6, 6.07) is 12.2. The first-order valence-electron chi connectivity index (χ1n) is 9.11. The summed E-state index contributed by atoms with van der Waals surface area (Å²) in [5, 5.41) is 4.71. The fourth-order valence-electron chi connectivity index (χ4n) is 3.47. The van der Waals surface area contributed by atoms with Gasteiger partial charge in [-0.15, -0.1) is 0 Å². The first-order valence-corrected chi connectivity index (χ1v) is 9.11. The number of para-hydroxylation sites is 1.